The van der Waals surface area contributed by atoms with Crippen molar-refractivity contribution in [1.82, 2.24) is 4.98 Å². The van der Waals surface area contributed by atoms with Gasteiger partial charge in [0.1, 0.15) is 5.82 Å². The number of halogens is 1. The molecule has 0 fully saturated rings. The highest BCUT2D eigenvalue weighted by Crippen LogP contribution is 2.30. The number of aliphatic imine (C=N–C) groups is 1. The summed E-state index contributed by atoms with van der Waals surface area (Å²) < 4.78 is 13.1. The number of allylic oxidation sites excluding steroid dienone is 1. The van der Waals surface area contributed by atoms with Crippen LogP contribution < -0.4 is 5.73 Å². The molecule has 0 radical (unpaired) electrons. The molecule has 0 bridgehead atoms. The smallest absolute Gasteiger partial charge is 0.123 e. The zero-order valence-electron chi connectivity index (χ0n) is 12.5. The van der Waals surface area contributed by atoms with Gasteiger partial charge in [0.25, 0.3) is 0 Å². The van der Waals surface area contributed by atoms with Gasteiger partial charge < -0.3 is 5.73 Å². The highest BCUT2D eigenvalue weighted by Gasteiger charge is 2.19. The van der Waals surface area contributed by atoms with Crippen molar-refractivity contribution < 1.29 is 4.39 Å². The van der Waals surface area contributed by atoms with Gasteiger partial charge in [0, 0.05) is 36.4 Å². The molecule has 1 aliphatic carbocycles. The SMILES string of the molecule is CN=CC(=C(N)c1ccc(F)cc1)c1ccnc2c1CCC2. The predicted molar refractivity (Wildman–Crippen MR) is 88.1 cm³/mol. The first-order valence-electron chi connectivity index (χ1n) is 7.35. The molecule has 1 aromatic carbocycles. The van der Waals surface area contributed by atoms with Gasteiger partial charge in [-0.2, -0.15) is 0 Å². The molecule has 0 saturated carbocycles. The van der Waals surface area contributed by atoms with Crippen LogP contribution in [0.1, 0.15) is 28.8 Å². The molecule has 22 heavy (non-hydrogen) atoms. The van der Waals surface area contributed by atoms with E-state index in [0.717, 1.165) is 41.7 Å². The number of hydrogen-bond acceptors (Lipinski definition) is 3. The van der Waals surface area contributed by atoms with Gasteiger partial charge in [-0.25, -0.2) is 4.39 Å². The van der Waals surface area contributed by atoms with Gasteiger partial charge in [0.15, 0.2) is 0 Å². The zero-order chi connectivity index (χ0) is 15.5. The Morgan fingerprint density at radius 3 is 2.73 bits per heavy atom. The lowest BCUT2D eigenvalue weighted by Crippen LogP contribution is -2.05. The summed E-state index contributed by atoms with van der Waals surface area (Å²) in [6.45, 7) is 0. The average Bonchev–Trinajstić information content (AvgIpc) is 3.01. The van der Waals surface area contributed by atoms with Gasteiger partial charge in [-0.05, 0) is 66.3 Å². The summed E-state index contributed by atoms with van der Waals surface area (Å²) in [5, 5.41) is 0. The van der Waals surface area contributed by atoms with Crippen LogP contribution in [0.3, 0.4) is 0 Å². The largest absolute Gasteiger partial charge is 0.398 e. The second-order valence-electron chi connectivity index (χ2n) is 5.36. The van der Waals surface area contributed by atoms with Crippen molar-refractivity contribution in [2.75, 3.05) is 7.05 Å². The van der Waals surface area contributed by atoms with Crippen LogP contribution in [-0.4, -0.2) is 18.2 Å². The molecule has 0 amide bonds. The molecule has 1 aromatic heterocycles. The summed E-state index contributed by atoms with van der Waals surface area (Å²) in [5.41, 5.74) is 12.1. The number of nitrogens with zero attached hydrogens (tertiary/aromatic N) is 2. The van der Waals surface area contributed by atoms with Crippen LogP contribution in [0, 0.1) is 5.82 Å². The molecule has 112 valence electrons. The van der Waals surface area contributed by atoms with E-state index in [9.17, 15) is 4.39 Å². The van der Waals surface area contributed by atoms with Crippen LogP contribution >= 0.6 is 0 Å². The first-order chi connectivity index (χ1) is 10.7. The highest BCUT2D eigenvalue weighted by molar-refractivity contribution is 6.19. The Labute approximate surface area is 129 Å². The van der Waals surface area contributed by atoms with E-state index < -0.39 is 0 Å². The van der Waals surface area contributed by atoms with Crippen LogP contribution in [0.4, 0.5) is 4.39 Å². The number of fused-ring (bicyclic) bond motifs is 1. The summed E-state index contributed by atoms with van der Waals surface area (Å²) in [6, 6.07) is 8.20. The Balaban J connectivity index is 2.16. The van der Waals surface area contributed by atoms with Gasteiger partial charge >= 0.3 is 0 Å². The Bertz CT molecular complexity index is 745. The fourth-order valence-electron chi connectivity index (χ4n) is 2.91. The van der Waals surface area contributed by atoms with E-state index in [0.29, 0.717) is 5.70 Å². The van der Waals surface area contributed by atoms with Crippen molar-refractivity contribution in [3.63, 3.8) is 0 Å². The Hall–Kier alpha value is -2.49. The van der Waals surface area contributed by atoms with Gasteiger partial charge in [0.05, 0.1) is 0 Å². The normalized spacial score (nSPS) is 15.0. The van der Waals surface area contributed by atoms with Gasteiger partial charge in [-0.1, -0.05) is 0 Å². The molecule has 0 saturated heterocycles. The van der Waals surface area contributed by atoms with E-state index in [1.54, 1.807) is 25.4 Å². The number of pyridine rings is 1. The van der Waals surface area contributed by atoms with Crippen molar-refractivity contribution in [1.29, 1.82) is 0 Å². The van der Waals surface area contributed by atoms with Gasteiger partial charge in [-0.3, -0.25) is 9.98 Å². The monoisotopic (exact) mass is 295 g/mol. The van der Waals surface area contributed by atoms with E-state index in [4.69, 9.17) is 5.73 Å². The first-order valence-corrected chi connectivity index (χ1v) is 7.35. The minimum atomic E-state index is -0.271. The summed E-state index contributed by atoms with van der Waals surface area (Å²) in [7, 11) is 1.72. The molecule has 0 aliphatic heterocycles. The molecule has 1 aliphatic rings. The predicted octanol–water partition coefficient (Wildman–Crippen LogP) is 3.24. The number of benzene rings is 1. The molecule has 3 rings (SSSR count). The molecule has 2 aromatic rings. The quantitative estimate of drug-likeness (QED) is 0.884. The lowest BCUT2D eigenvalue weighted by Gasteiger charge is -2.12. The number of rotatable bonds is 3. The molecule has 0 atom stereocenters. The third-order valence-corrected chi connectivity index (χ3v) is 3.98. The Kier molecular flexibility index (Phi) is 4.00. The van der Waals surface area contributed by atoms with Crippen LogP contribution in [0.25, 0.3) is 11.3 Å². The van der Waals surface area contributed by atoms with Crippen LogP contribution in [-0.2, 0) is 12.8 Å². The molecule has 4 heteroatoms. The standard InChI is InChI=1S/C18H18FN3/c1-21-11-16(18(20)12-5-7-13(19)8-6-12)14-9-10-22-17-4-2-3-15(14)17/h5-11H,2-4,20H2,1H3. The van der Waals surface area contributed by atoms with Gasteiger partial charge in [0.2, 0.25) is 0 Å². The molecule has 0 unspecified atom stereocenters. The molecule has 2 N–H and O–H groups in total. The molecule has 3 nitrogen and oxygen atoms in total. The lowest BCUT2D eigenvalue weighted by molar-refractivity contribution is 0.627. The maximum atomic E-state index is 13.1. The Morgan fingerprint density at radius 1 is 1.23 bits per heavy atom. The second kappa shape index (κ2) is 6.10. The summed E-state index contributed by atoms with van der Waals surface area (Å²) >= 11 is 0. The number of hydrogen-bond donors (Lipinski definition) is 1. The molecule has 0 spiro atoms. The second-order valence-corrected chi connectivity index (χ2v) is 5.36. The van der Waals surface area contributed by atoms with E-state index in [2.05, 4.69) is 9.98 Å². The lowest BCUT2D eigenvalue weighted by atomic mass is 9.96. The first kappa shape index (κ1) is 14.4. The summed E-state index contributed by atoms with van der Waals surface area (Å²) in [4.78, 5) is 8.59. The number of aryl methyl sites for hydroxylation is 1. The number of nitrogens with two attached hydrogens (primary N) is 1. The fourth-order valence-corrected chi connectivity index (χ4v) is 2.91. The topological polar surface area (TPSA) is 51.3 Å². The van der Waals surface area contributed by atoms with Crippen LogP contribution in [0.15, 0.2) is 41.5 Å². The van der Waals surface area contributed by atoms with Gasteiger partial charge in [-0.15, -0.1) is 0 Å². The fraction of sp³-hybridized carbons (Fsp3) is 0.222. The average molecular weight is 295 g/mol. The van der Waals surface area contributed by atoms with Crippen molar-refractivity contribution in [2.24, 2.45) is 10.7 Å². The van der Waals surface area contributed by atoms with Crippen molar-refractivity contribution in [3.8, 4) is 0 Å². The number of aromatic nitrogens is 1. The van der Waals surface area contributed by atoms with Crippen LogP contribution in [0.5, 0.6) is 0 Å². The highest BCUT2D eigenvalue weighted by atomic mass is 19.1. The maximum Gasteiger partial charge on any atom is 0.123 e. The minimum Gasteiger partial charge on any atom is -0.398 e. The molecule has 1 heterocycles. The summed E-state index contributed by atoms with van der Waals surface area (Å²) in [5.74, 6) is -0.271. The molecular formula is C18H18FN3. The third kappa shape index (κ3) is 2.64. The van der Waals surface area contributed by atoms with E-state index in [1.807, 2.05) is 12.3 Å². The minimum absolute atomic E-state index is 0.271. The molecular weight excluding hydrogens is 277 g/mol. The van der Waals surface area contributed by atoms with Crippen molar-refractivity contribution in [3.05, 3.63) is 64.7 Å². The van der Waals surface area contributed by atoms with E-state index in [1.165, 1.54) is 17.7 Å². The third-order valence-electron chi connectivity index (χ3n) is 3.98. The summed E-state index contributed by atoms with van der Waals surface area (Å²) in [6.07, 6.45) is 6.73. The maximum absolute atomic E-state index is 13.1. The zero-order valence-corrected chi connectivity index (χ0v) is 12.5. The van der Waals surface area contributed by atoms with Crippen molar-refractivity contribution >= 4 is 17.5 Å². The van der Waals surface area contributed by atoms with E-state index in [-0.39, 0.29) is 5.82 Å². The Morgan fingerprint density at radius 2 is 2.00 bits per heavy atom. The van der Waals surface area contributed by atoms with Crippen molar-refractivity contribution in [2.45, 2.75) is 19.3 Å². The van der Waals surface area contributed by atoms with Crippen LogP contribution in [0.2, 0.25) is 0 Å². The van der Waals surface area contributed by atoms with E-state index >= 15 is 0 Å².